The van der Waals surface area contributed by atoms with Crippen LogP contribution in [0, 0.1) is 0 Å². The summed E-state index contributed by atoms with van der Waals surface area (Å²) in [4.78, 5) is 11.7. The Morgan fingerprint density at radius 3 is 2.76 bits per heavy atom. The van der Waals surface area contributed by atoms with Gasteiger partial charge in [-0.1, -0.05) is 28.1 Å². The van der Waals surface area contributed by atoms with Crippen LogP contribution in [-0.4, -0.2) is 16.8 Å². The number of halogens is 1. The average Bonchev–Trinajstić information content (AvgIpc) is 2.25. The molecule has 4 heteroatoms. The largest absolute Gasteiger partial charge is 0.494 e. The summed E-state index contributed by atoms with van der Waals surface area (Å²) in [5.41, 5.74) is 1.03. The number of hydrogen-bond acceptors (Lipinski definition) is 2. The molecule has 1 N–H and O–H groups in total. The second-order valence-corrected chi connectivity index (χ2v) is 6.22. The third-order valence-electron chi connectivity index (χ3n) is 2.20. The van der Waals surface area contributed by atoms with E-state index in [0.717, 1.165) is 11.3 Å². The fourth-order valence-electron chi connectivity index (χ4n) is 1.30. The molecule has 0 atom stereocenters. The van der Waals surface area contributed by atoms with Crippen LogP contribution in [0.15, 0.2) is 24.3 Å². The molecule has 0 aliphatic carbocycles. The third kappa shape index (κ3) is 4.77. The number of rotatable bonds is 5. The Labute approximate surface area is 111 Å². The summed E-state index contributed by atoms with van der Waals surface area (Å²) in [5.74, 6) is 0.802. The zero-order valence-corrected chi connectivity index (χ0v) is 12.0. The molecule has 0 aliphatic rings. The number of carbonyl (C=O) groups is 1. The van der Waals surface area contributed by atoms with Crippen LogP contribution in [-0.2, 0) is 11.3 Å². The fraction of sp³-hybridized carbons (Fsp3) is 0.462. The second kappa shape index (κ2) is 6.05. The van der Waals surface area contributed by atoms with Gasteiger partial charge in [-0.05, 0) is 38.5 Å². The summed E-state index contributed by atoms with van der Waals surface area (Å²) < 4.78 is 4.86. The molecule has 0 saturated heterocycles. The first-order chi connectivity index (χ1) is 7.93. The molecule has 0 radical (unpaired) electrons. The van der Waals surface area contributed by atoms with Crippen molar-refractivity contribution in [1.29, 1.82) is 0 Å². The molecule has 1 aromatic rings. The van der Waals surface area contributed by atoms with Crippen molar-refractivity contribution in [3.8, 4) is 5.75 Å². The summed E-state index contributed by atoms with van der Waals surface area (Å²) in [6, 6.07) is 7.73. The molecule has 0 bridgehead atoms. The van der Waals surface area contributed by atoms with Crippen molar-refractivity contribution in [2.45, 2.75) is 31.6 Å². The van der Waals surface area contributed by atoms with E-state index >= 15 is 0 Å². The van der Waals surface area contributed by atoms with Gasteiger partial charge in [-0.15, -0.1) is 0 Å². The van der Waals surface area contributed by atoms with Gasteiger partial charge in [-0.2, -0.15) is 0 Å². The highest BCUT2D eigenvalue weighted by molar-refractivity contribution is 9.10. The zero-order valence-electron chi connectivity index (χ0n) is 10.4. The Hall–Kier alpha value is -1.03. The molecular formula is C13H18BrNO2. The SMILES string of the molecule is CCOc1cccc(CNC(=O)C(C)(C)Br)c1. The number of alkyl halides is 1. The number of nitrogens with one attached hydrogen (secondary N) is 1. The molecule has 17 heavy (non-hydrogen) atoms. The number of amides is 1. The lowest BCUT2D eigenvalue weighted by Crippen LogP contribution is -2.37. The van der Waals surface area contributed by atoms with E-state index in [4.69, 9.17) is 4.74 Å². The smallest absolute Gasteiger partial charge is 0.236 e. The van der Waals surface area contributed by atoms with Gasteiger partial charge in [-0.3, -0.25) is 4.79 Å². The normalized spacial score (nSPS) is 11.1. The maximum Gasteiger partial charge on any atom is 0.236 e. The summed E-state index contributed by atoms with van der Waals surface area (Å²) in [7, 11) is 0. The van der Waals surface area contributed by atoms with E-state index in [1.807, 2.05) is 45.0 Å². The van der Waals surface area contributed by atoms with Gasteiger partial charge in [0.25, 0.3) is 0 Å². The highest BCUT2D eigenvalue weighted by atomic mass is 79.9. The lowest BCUT2D eigenvalue weighted by molar-refractivity contribution is -0.122. The predicted octanol–water partition coefficient (Wildman–Crippen LogP) is 2.88. The Kier molecular flexibility index (Phi) is 5.00. The topological polar surface area (TPSA) is 38.3 Å². The number of carbonyl (C=O) groups excluding carboxylic acids is 1. The van der Waals surface area contributed by atoms with Crippen molar-refractivity contribution < 1.29 is 9.53 Å². The quantitative estimate of drug-likeness (QED) is 0.849. The summed E-state index contributed by atoms with van der Waals surface area (Å²) in [6.07, 6.45) is 0. The van der Waals surface area contributed by atoms with Crippen LogP contribution < -0.4 is 10.1 Å². The van der Waals surface area contributed by atoms with Gasteiger partial charge in [0, 0.05) is 6.54 Å². The van der Waals surface area contributed by atoms with Crippen LogP contribution in [0.4, 0.5) is 0 Å². The molecule has 0 unspecified atom stereocenters. The standard InChI is InChI=1S/C13H18BrNO2/c1-4-17-11-7-5-6-10(8-11)9-15-12(16)13(2,3)14/h5-8H,4,9H2,1-3H3,(H,15,16). The van der Waals surface area contributed by atoms with Crippen LogP contribution in [0.3, 0.4) is 0 Å². The molecule has 94 valence electrons. The summed E-state index contributed by atoms with van der Waals surface area (Å²) in [5, 5.41) is 2.87. The molecule has 0 saturated carbocycles. The highest BCUT2D eigenvalue weighted by Gasteiger charge is 2.22. The maximum atomic E-state index is 11.7. The minimum absolute atomic E-state index is 0.0284. The molecule has 0 heterocycles. The molecule has 0 spiro atoms. The fourth-order valence-corrected chi connectivity index (χ4v) is 1.44. The van der Waals surface area contributed by atoms with Gasteiger partial charge in [0.15, 0.2) is 0 Å². The van der Waals surface area contributed by atoms with E-state index in [9.17, 15) is 4.79 Å². The Morgan fingerprint density at radius 1 is 1.47 bits per heavy atom. The van der Waals surface area contributed by atoms with E-state index in [1.54, 1.807) is 0 Å². The van der Waals surface area contributed by atoms with E-state index in [2.05, 4.69) is 21.2 Å². The molecular weight excluding hydrogens is 282 g/mol. The number of hydrogen-bond donors (Lipinski definition) is 1. The Balaban J connectivity index is 2.57. The average molecular weight is 300 g/mol. The Morgan fingerprint density at radius 2 is 2.18 bits per heavy atom. The minimum Gasteiger partial charge on any atom is -0.494 e. The Bertz CT molecular complexity index is 385. The molecule has 0 aliphatic heterocycles. The van der Waals surface area contributed by atoms with Gasteiger partial charge in [0.1, 0.15) is 5.75 Å². The van der Waals surface area contributed by atoms with Crippen molar-refractivity contribution >= 4 is 21.8 Å². The number of ether oxygens (including phenoxy) is 1. The lowest BCUT2D eigenvalue weighted by atomic mass is 10.2. The number of benzene rings is 1. The van der Waals surface area contributed by atoms with E-state index < -0.39 is 4.32 Å². The van der Waals surface area contributed by atoms with Crippen LogP contribution in [0.1, 0.15) is 26.3 Å². The second-order valence-electron chi connectivity index (χ2n) is 4.24. The minimum atomic E-state index is -0.537. The first-order valence-corrected chi connectivity index (χ1v) is 6.41. The van der Waals surface area contributed by atoms with E-state index in [0.29, 0.717) is 13.2 Å². The van der Waals surface area contributed by atoms with E-state index in [1.165, 1.54) is 0 Å². The van der Waals surface area contributed by atoms with Crippen LogP contribution in [0.2, 0.25) is 0 Å². The van der Waals surface area contributed by atoms with Crippen LogP contribution in [0.25, 0.3) is 0 Å². The van der Waals surface area contributed by atoms with Gasteiger partial charge < -0.3 is 10.1 Å². The van der Waals surface area contributed by atoms with Crippen LogP contribution in [0.5, 0.6) is 5.75 Å². The lowest BCUT2D eigenvalue weighted by Gasteiger charge is -2.16. The van der Waals surface area contributed by atoms with Crippen molar-refractivity contribution in [3.05, 3.63) is 29.8 Å². The molecule has 1 rings (SSSR count). The summed E-state index contributed by atoms with van der Waals surface area (Å²) in [6.45, 7) is 6.73. The van der Waals surface area contributed by atoms with Crippen molar-refractivity contribution in [2.24, 2.45) is 0 Å². The van der Waals surface area contributed by atoms with Crippen molar-refractivity contribution in [3.63, 3.8) is 0 Å². The third-order valence-corrected chi connectivity index (χ3v) is 2.56. The van der Waals surface area contributed by atoms with Crippen molar-refractivity contribution in [1.82, 2.24) is 5.32 Å². The summed E-state index contributed by atoms with van der Waals surface area (Å²) >= 11 is 3.32. The molecule has 1 amide bonds. The maximum absolute atomic E-state index is 11.7. The molecule has 0 fully saturated rings. The van der Waals surface area contributed by atoms with Gasteiger partial charge in [-0.25, -0.2) is 0 Å². The van der Waals surface area contributed by atoms with Gasteiger partial charge >= 0.3 is 0 Å². The highest BCUT2D eigenvalue weighted by Crippen LogP contribution is 2.16. The predicted molar refractivity (Wildman–Crippen MR) is 72.5 cm³/mol. The first-order valence-electron chi connectivity index (χ1n) is 5.62. The first kappa shape index (κ1) is 14.0. The molecule has 1 aromatic carbocycles. The van der Waals surface area contributed by atoms with Gasteiger partial charge in [0.2, 0.25) is 5.91 Å². The van der Waals surface area contributed by atoms with Gasteiger partial charge in [0.05, 0.1) is 10.9 Å². The molecule has 0 aromatic heterocycles. The van der Waals surface area contributed by atoms with E-state index in [-0.39, 0.29) is 5.91 Å². The monoisotopic (exact) mass is 299 g/mol. The molecule has 3 nitrogen and oxygen atoms in total. The van der Waals surface area contributed by atoms with Crippen molar-refractivity contribution in [2.75, 3.05) is 6.61 Å². The zero-order chi connectivity index (χ0) is 12.9. The van der Waals surface area contributed by atoms with Crippen LogP contribution >= 0.6 is 15.9 Å².